The Kier molecular flexibility index (Phi) is 4.85. The molecule has 0 saturated carbocycles. The number of hydrogen-bond donors (Lipinski definition) is 0. The van der Waals surface area contributed by atoms with Gasteiger partial charge in [-0.25, -0.2) is 0 Å². The summed E-state index contributed by atoms with van der Waals surface area (Å²) in [6.45, 7) is 3.90. The zero-order valence-corrected chi connectivity index (χ0v) is 14.4. The number of benzene rings is 2. The molecule has 0 bridgehead atoms. The lowest BCUT2D eigenvalue weighted by Gasteiger charge is -2.14. The van der Waals surface area contributed by atoms with Crippen LogP contribution in [0.1, 0.15) is 22.3 Å². The molecule has 2 aromatic carbocycles. The first-order valence-corrected chi connectivity index (χ1v) is 8.00. The van der Waals surface area contributed by atoms with Gasteiger partial charge in [0.25, 0.3) is 0 Å². The number of nitriles is 1. The number of halogens is 2. The smallest absolute Gasteiger partial charge is 0.141 e. The molecule has 0 spiro atoms. The average molecular weight is 395 g/mol. The van der Waals surface area contributed by atoms with E-state index in [9.17, 15) is 0 Å². The topological polar surface area (TPSA) is 33.0 Å². The van der Waals surface area contributed by atoms with Crippen molar-refractivity contribution in [1.82, 2.24) is 0 Å². The highest BCUT2D eigenvalue weighted by molar-refractivity contribution is 9.10. The molecule has 0 atom stereocenters. The van der Waals surface area contributed by atoms with Crippen LogP contribution in [0.5, 0.6) is 11.5 Å². The second-order valence-corrected chi connectivity index (χ2v) is 5.97. The number of nitrogens with zero attached hydrogens (tertiary/aromatic N) is 1. The number of aryl methyl sites for hydroxylation is 2. The predicted molar refractivity (Wildman–Crippen MR) is 87.5 cm³/mol. The fraction of sp³-hybridized carbons (Fsp3) is 0.188. The summed E-state index contributed by atoms with van der Waals surface area (Å²) in [6, 6.07) is 11.8. The van der Waals surface area contributed by atoms with Crippen LogP contribution in [-0.4, -0.2) is 0 Å². The molecule has 102 valence electrons. The predicted octanol–water partition coefficient (Wildman–Crippen LogP) is 5.62. The summed E-state index contributed by atoms with van der Waals surface area (Å²) in [6.07, 6.45) is 0. The molecule has 0 aliphatic heterocycles. The molecule has 2 nitrogen and oxygen atoms in total. The van der Waals surface area contributed by atoms with Gasteiger partial charge in [0.1, 0.15) is 11.5 Å². The minimum atomic E-state index is 0.654. The van der Waals surface area contributed by atoms with Crippen molar-refractivity contribution in [3.05, 3.63) is 57.1 Å². The van der Waals surface area contributed by atoms with Crippen molar-refractivity contribution >= 4 is 31.9 Å². The summed E-state index contributed by atoms with van der Waals surface area (Å²) < 4.78 is 6.91. The number of rotatable bonds is 3. The standard InChI is InChI=1S/C16H13Br2NO/c1-10-5-13(9-19)6-11(2)16(10)20-15-4-3-12(8-17)7-14(15)18/h3-7H,8H2,1-2H3. The summed E-state index contributed by atoms with van der Waals surface area (Å²) in [5, 5.41) is 9.77. The molecule has 0 aliphatic carbocycles. The Labute approximate surface area is 135 Å². The van der Waals surface area contributed by atoms with Crippen molar-refractivity contribution < 1.29 is 4.74 Å². The maximum atomic E-state index is 8.97. The summed E-state index contributed by atoms with van der Waals surface area (Å²) in [5.74, 6) is 1.57. The normalized spacial score (nSPS) is 10.2. The van der Waals surface area contributed by atoms with Crippen LogP contribution in [0.15, 0.2) is 34.8 Å². The van der Waals surface area contributed by atoms with Crippen LogP contribution in [-0.2, 0) is 5.33 Å². The van der Waals surface area contributed by atoms with E-state index in [0.717, 1.165) is 32.4 Å². The van der Waals surface area contributed by atoms with Crippen molar-refractivity contribution in [2.45, 2.75) is 19.2 Å². The van der Waals surface area contributed by atoms with Crippen LogP contribution in [0.25, 0.3) is 0 Å². The molecule has 0 radical (unpaired) electrons. The molecule has 2 aromatic rings. The number of ether oxygens (including phenoxy) is 1. The van der Waals surface area contributed by atoms with Crippen LogP contribution in [0.3, 0.4) is 0 Å². The van der Waals surface area contributed by atoms with Gasteiger partial charge in [-0.2, -0.15) is 5.26 Å². The van der Waals surface area contributed by atoms with E-state index in [1.807, 2.05) is 44.2 Å². The molecule has 0 amide bonds. The summed E-state index contributed by atoms with van der Waals surface area (Å²) in [7, 11) is 0. The van der Waals surface area contributed by atoms with E-state index in [4.69, 9.17) is 10.00 Å². The van der Waals surface area contributed by atoms with E-state index in [-0.39, 0.29) is 0 Å². The molecule has 20 heavy (non-hydrogen) atoms. The second-order valence-electron chi connectivity index (χ2n) is 4.55. The molecule has 0 N–H and O–H groups in total. The van der Waals surface area contributed by atoms with E-state index in [2.05, 4.69) is 37.9 Å². The van der Waals surface area contributed by atoms with E-state index in [1.54, 1.807) is 0 Å². The average Bonchev–Trinajstić information content (AvgIpc) is 2.43. The van der Waals surface area contributed by atoms with Gasteiger partial charge in [-0.1, -0.05) is 22.0 Å². The first kappa shape index (κ1) is 15.1. The zero-order valence-electron chi connectivity index (χ0n) is 11.2. The Balaban J connectivity index is 2.38. The van der Waals surface area contributed by atoms with Gasteiger partial charge in [0.05, 0.1) is 16.1 Å². The first-order valence-electron chi connectivity index (χ1n) is 6.08. The molecular weight excluding hydrogens is 382 g/mol. The Hall–Kier alpha value is -1.31. The molecule has 0 aromatic heterocycles. The SMILES string of the molecule is Cc1cc(C#N)cc(C)c1Oc1ccc(CBr)cc1Br. The summed E-state index contributed by atoms with van der Waals surface area (Å²) in [4.78, 5) is 0. The molecule has 4 heteroatoms. The molecule has 2 rings (SSSR count). The fourth-order valence-electron chi connectivity index (χ4n) is 2.00. The van der Waals surface area contributed by atoms with E-state index >= 15 is 0 Å². The summed E-state index contributed by atoms with van der Waals surface area (Å²) >= 11 is 6.95. The molecule has 0 saturated heterocycles. The molecule has 0 unspecified atom stereocenters. The fourth-order valence-corrected chi connectivity index (χ4v) is 2.85. The first-order chi connectivity index (χ1) is 9.55. The zero-order chi connectivity index (χ0) is 14.7. The number of hydrogen-bond acceptors (Lipinski definition) is 2. The molecular formula is C16H13Br2NO. The van der Waals surface area contributed by atoms with Crippen molar-refractivity contribution in [3.8, 4) is 17.6 Å². The highest BCUT2D eigenvalue weighted by atomic mass is 79.9. The molecule has 0 aliphatic rings. The Morgan fingerprint density at radius 1 is 1.15 bits per heavy atom. The lowest BCUT2D eigenvalue weighted by Crippen LogP contribution is -1.94. The maximum absolute atomic E-state index is 8.97. The van der Waals surface area contributed by atoms with Crippen molar-refractivity contribution in [2.75, 3.05) is 0 Å². The van der Waals surface area contributed by atoms with Gasteiger partial charge in [0.15, 0.2) is 0 Å². The van der Waals surface area contributed by atoms with Gasteiger partial charge in [-0.3, -0.25) is 0 Å². The Morgan fingerprint density at radius 2 is 1.80 bits per heavy atom. The van der Waals surface area contributed by atoms with Gasteiger partial charge in [0.2, 0.25) is 0 Å². The largest absolute Gasteiger partial charge is 0.456 e. The van der Waals surface area contributed by atoms with Crippen molar-refractivity contribution in [1.29, 1.82) is 5.26 Å². The van der Waals surface area contributed by atoms with Crippen molar-refractivity contribution in [3.63, 3.8) is 0 Å². The van der Waals surface area contributed by atoms with Gasteiger partial charge < -0.3 is 4.74 Å². The lowest BCUT2D eigenvalue weighted by atomic mass is 10.1. The van der Waals surface area contributed by atoms with E-state index in [1.165, 1.54) is 5.56 Å². The third-order valence-electron chi connectivity index (χ3n) is 2.95. The highest BCUT2D eigenvalue weighted by Gasteiger charge is 2.10. The third kappa shape index (κ3) is 3.23. The minimum absolute atomic E-state index is 0.654. The van der Waals surface area contributed by atoms with E-state index in [0.29, 0.717) is 5.56 Å². The Bertz CT molecular complexity index is 666. The van der Waals surface area contributed by atoms with Crippen LogP contribution in [0.2, 0.25) is 0 Å². The summed E-state index contributed by atoms with van der Waals surface area (Å²) in [5.41, 5.74) is 3.74. The lowest BCUT2D eigenvalue weighted by molar-refractivity contribution is 0.472. The third-order valence-corrected chi connectivity index (χ3v) is 4.22. The highest BCUT2D eigenvalue weighted by Crippen LogP contribution is 2.34. The van der Waals surface area contributed by atoms with Crippen LogP contribution in [0, 0.1) is 25.2 Å². The second kappa shape index (κ2) is 6.43. The quantitative estimate of drug-likeness (QED) is 0.632. The van der Waals surface area contributed by atoms with Gasteiger partial charge in [-0.15, -0.1) is 0 Å². The molecule has 0 heterocycles. The van der Waals surface area contributed by atoms with Gasteiger partial charge >= 0.3 is 0 Å². The van der Waals surface area contributed by atoms with E-state index < -0.39 is 0 Å². The monoisotopic (exact) mass is 393 g/mol. The van der Waals surface area contributed by atoms with Crippen LogP contribution >= 0.6 is 31.9 Å². The molecule has 0 fully saturated rings. The Morgan fingerprint density at radius 3 is 2.30 bits per heavy atom. The minimum Gasteiger partial charge on any atom is -0.456 e. The van der Waals surface area contributed by atoms with Gasteiger partial charge in [-0.05, 0) is 70.7 Å². The number of alkyl halides is 1. The van der Waals surface area contributed by atoms with Crippen LogP contribution < -0.4 is 4.74 Å². The van der Waals surface area contributed by atoms with Crippen molar-refractivity contribution in [2.24, 2.45) is 0 Å². The van der Waals surface area contributed by atoms with Gasteiger partial charge in [0, 0.05) is 5.33 Å². The van der Waals surface area contributed by atoms with Crippen LogP contribution in [0.4, 0.5) is 0 Å². The maximum Gasteiger partial charge on any atom is 0.141 e.